The first kappa shape index (κ1) is 34.9. The third kappa shape index (κ3) is 7.55. The molecule has 0 aliphatic carbocycles. The summed E-state index contributed by atoms with van der Waals surface area (Å²) in [6.45, 7) is 3.97. The topological polar surface area (TPSA) is 128 Å². The fourth-order valence-electron chi connectivity index (χ4n) is 7.22. The molecule has 1 unspecified atom stereocenters. The van der Waals surface area contributed by atoms with Crippen LogP contribution < -0.4 is 15.5 Å². The average molecular weight is 703 g/mol. The number of imide groups is 1. The monoisotopic (exact) mass is 702 g/mol. The minimum atomic E-state index is -0.621. The first-order chi connectivity index (χ1) is 25.2. The van der Waals surface area contributed by atoms with Gasteiger partial charge in [-0.05, 0) is 76.5 Å². The molecule has 12 heteroatoms. The molecule has 2 aliphatic heterocycles. The predicted octanol–water partition coefficient (Wildman–Crippen LogP) is 7.22. The number of aromatic nitrogens is 4. The van der Waals surface area contributed by atoms with Gasteiger partial charge in [0.05, 0.1) is 28.0 Å². The van der Waals surface area contributed by atoms with Crippen LogP contribution in [0.3, 0.4) is 0 Å². The summed E-state index contributed by atoms with van der Waals surface area (Å²) in [7, 11) is 2.15. The van der Waals surface area contributed by atoms with E-state index in [1.54, 1.807) is 12.1 Å². The Morgan fingerprint density at radius 2 is 1.90 bits per heavy atom. The van der Waals surface area contributed by atoms with Gasteiger partial charge in [-0.15, -0.1) is 0 Å². The van der Waals surface area contributed by atoms with E-state index in [1.165, 1.54) is 23.1 Å². The number of carbonyl (C=O) groups excluding carboxylic acids is 3. The van der Waals surface area contributed by atoms with Gasteiger partial charge in [0.15, 0.2) is 5.82 Å². The summed E-state index contributed by atoms with van der Waals surface area (Å²) in [5, 5.41) is 12.0. The summed E-state index contributed by atoms with van der Waals surface area (Å²) in [5.74, 6) is 5.34. The van der Waals surface area contributed by atoms with Gasteiger partial charge in [0, 0.05) is 66.3 Å². The Morgan fingerprint density at radius 3 is 2.73 bits per heavy atom. The molecule has 5 heterocycles. The smallest absolute Gasteiger partial charge is 0.328 e. The van der Waals surface area contributed by atoms with Gasteiger partial charge in [0.1, 0.15) is 5.82 Å². The van der Waals surface area contributed by atoms with E-state index < -0.39 is 11.8 Å². The number of nitrogens with one attached hydrogen (secondary N) is 3. The zero-order valence-electron chi connectivity index (χ0n) is 29.6. The number of unbranched alkanes of at least 4 members (excludes halogenated alkanes) is 5. The minimum Gasteiger partial charge on any atom is -0.357 e. The van der Waals surface area contributed by atoms with E-state index in [4.69, 9.17) is 5.10 Å². The van der Waals surface area contributed by atoms with Crippen molar-refractivity contribution < 1.29 is 18.8 Å². The highest BCUT2D eigenvalue weighted by atomic mass is 19.1. The molecule has 2 aliphatic rings. The number of halogens is 1. The third-order valence-corrected chi connectivity index (χ3v) is 10.1. The van der Waals surface area contributed by atoms with Gasteiger partial charge >= 0.3 is 6.03 Å². The van der Waals surface area contributed by atoms with E-state index in [1.807, 2.05) is 42.1 Å². The number of hydrogen-bond acceptors (Lipinski definition) is 6. The first-order valence-electron chi connectivity index (χ1n) is 18.1. The Balaban J connectivity index is 0.886. The molecular weight excluding hydrogens is 659 g/mol. The van der Waals surface area contributed by atoms with Crippen LogP contribution in [0.15, 0.2) is 54.7 Å². The van der Waals surface area contributed by atoms with Crippen LogP contribution in [0.2, 0.25) is 0 Å². The summed E-state index contributed by atoms with van der Waals surface area (Å²) in [6.07, 6.45) is 9.82. The lowest BCUT2D eigenvalue weighted by molar-refractivity contribution is -0.120. The molecule has 0 bridgehead atoms. The van der Waals surface area contributed by atoms with E-state index >= 15 is 4.39 Å². The van der Waals surface area contributed by atoms with Crippen LogP contribution in [-0.4, -0.2) is 62.6 Å². The van der Waals surface area contributed by atoms with E-state index in [0.29, 0.717) is 23.8 Å². The van der Waals surface area contributed by atoms with Crippen LogP contribution in [0.4, 0.5) is 20.7 Å². The number of aromatic amines is 1. The zero-order chi connectivity index (χ0) is 36.2. The molecule has 11 nitrogen and oxygen atoms in total. The quantitative estimate of drug-likeness (QED) is 0.0986. The summed E-state index contributed by atoms with van der Waals surface area (Å²) >= 11 is 0. The van der Waals surface area contributed by atoms with Crippen LogP contribution in [0.25, 0.3) is 21.8 Å². The van der Waals surface area contributed by atoms with E-state index in [2.05, 4.69) is 50.5 Å². The van der Waals surface area contributed by atoms with Crippen LogP contribution >= 0.6 is 0 Å². The second-order valence-electron chi connectivity index (χ2n) is 13.7. The molecule has 4 amide bonds. The van der Waals surface area contributed by atoms with Crippen LogP contribution in [0.1, 0.15) is 91.1 Å². The van der Waals surface area contributed by atoms with Gasteiger partial charge in [0.2, 0.25) is 5.91 Å². The molecule has 3 aromatic heterocycles. The van der Waals surface area contributed by atoms with Crippen molar-refractivity contribution in [2.45, 2.75) is 77.3 Å². The van der Waals surface area contributed by atoms with Crippen molar-refractivity contribution in [3.05, 3.63) is 83.1 Å². The summed E-state index contributed by atoms with van der Waals surface area (Å²) < 4.78 is 17.1. The molecule has 0 spiro atoms. The molecule has 268 valence electrons. The largest absolute Gasteiger partial charge is 0.357 e. The molecule has 1 atom stereocenters. The van der Waals surface area contributed by atoms with Crippen molar-refractivity contribution in [3.8, 4) is 11.8 Å². The number of carbonyl (C=O) groups is 3. The number of amides is 4. The maximum Gasteiger partial charge on any atom is 0.328 e. The normalized spacial score (nSPS) is 16.4. The molecule has 2 aromatic carbocycles. The van der Waals surface area contributed by atoms with E-state index in [-0.39, 0.29) is 36.0 Å². The van der Waals surface area contributed by atoms with Gasteiger partial charge in [-0.25, -0.2) is 14.2 Å². The number of hydrogen-bond donors (Lipinski definition) is 3. The van der Waals surface area contributed by atoms with Crippen LogP contribution in [-0.2, 0) is 11.3 Å². The second kappa shape index (κ2) is 15.4. The highest BCUT2D eigenvalue weighted by Gasteiger charge is 2.27. The lowest BCUT2D eigenvalue weighted by atomic mass is 10.1. The molecule has 0 saturated carbocycles. The highest BCUT2D eigenvalue weighted by molar-refractivity contribution is 6.07. The van der Waals surface area contributed by atoms with Gasteiger partial charge in [-0.1, -0.05) is 43.2 Å². The number of fused-ring (bicyclic) bond motifs is 2. The molecule has 52 heavy (non-hydrogen) atoms. The number of urea groups is 1. The summed E-state index contributed by atoms with van der Waals surface area (Å²) in [5.41, 5.74) is 4.92. The fraction of sp³-hybridized carbons (Fsp3) is 0.375. The molecule has 3 N–H and O–H groups in total. The lowest BCUT2D eigenvalue weighted by Crippen LogP contribution is -2.49. The Kier molecular flexibility index (Phi) is 10.3. The van der Waals surface area contributed by atoms with Crippen molar-refractivity contribution in [1.29, 1.82) is 0 Å². The molecule has 0 radical (unpaired) electrons. The predicted molar refractivity (Wildman–Crippen MR) is 200 cm³/mol. The first-order valence-corrected chi connectivity index (χ1v) is 18.1. The molecular formula is C40H43FN8O3. The Labute approximate surface area is 302 Å². The van der Waals surface area contributed by atoms with Gasteiger partial charge in [-0.2, -0.15) is 5.10 Å². The van der Waals surface area contributed by atoms with Gasteiger partial charge < -0.3 is 10.3 Å². The van der Waals surface area contributed by atoms with Crippen molar-refractivity contribution in [1.82, 2.24) is 30.0 Å². The highest BCUT2D eigenvalue weighted by Crippen LogP contribution is 2.32. The van der Waals surface area contributed by atoms with E-state index in [9.17, 15) is 14.4 Å². The fourth-order valence-corrected chi connectivity index (χ4v) is 7.22. The number of aryl methyl sites for hydroxylation is 2. The molecule has 7 rings (SSSR count). The molecule has 5 aromatic rings. The maximum atomic E-state index is 15.1. The number of nitrogens with zero attached hydrogens (tertiary/aromatic N) is 5. The number of rotatable bonds is 11. The SMILES string of the molecule is Cc1nn(CCCCCCCC#Cc2cccc(N3CCC(=O)NC3=O)c2F)c2cc(C(=O)Nc3cc4[nH]c(C5CCCN5C)cc4cn3)ccc12. The molecule has 2 fully saturated rings. The second-order valence-corrected chi connectivity index (χ2v) is 13.7. The van der Waals surface area contributed by atoms with Crippen LogP contribution in [0.5, 0.6) is 0 Å². The van der Waals surface area contributed by atoms with Crippen molar-refractivity contribution in [3.63, 3.8) is 0 Å². The standard InChI is InChI=1S/C40H43FN8O3/c1-26-30-17-16-28(39(51)44-36-24-31-29(25-42-36)22-32(43-31)33-15-11-19-47(33)2)23-35(30)49(46-26)20-9-7-5-3-4-6-8-12-27-13-10-14-34(38(27)41)48-21-18-37(50)45-40(48)52/h10,13-14,16-17,22-25,33,43H,3-7,9,11,15,18-21H2,1-2H3,(H,42,44,51)(H,45,50,52). The van der Waals surface area contributed by atoms with E-state index in [0.717, 1.165) is 79.1 Å². The summed E-state index contributed by atoms with van der Waals surface area (Å²) in [4.78, 5) is 48.6. The maximum absolute atomic E-state index is 15.1. The van der Waals surface area contributed by atoms with Gasteiger partial charge in [0.25, 0.3) is 5.91 Å². The zero-order valence-corrected chi connectivity index (χ0v) is 29.6. The van der Waals surface area contributed by atoms with Crippen molar-refractivity contribution in [2.75, 3.05) is 30.4 Å². The summed E-state index contributed by atoms with van der Waals surface area (Å²) in [6, 6.07) is 14.3. The number of anilines is 2. The minimum absolute atomic E-state index is 0.125. The average Bonchev–Trinajstić information content (AvgIpc) is 3.84. The Morgan fingerprint density at radius 1 is 1.06 bits per heavy atom. The Hall–Kier alpha value is -5.54. The number of likely N-dealkylation sites (tertiary alicyclic amines) is 1. The van der Waals surface area contributed by atoms with Gasteiger partial charge in [-0.3, -0.25) is 29.4 Å². The lowest BCUT2D eigenvalue weighted by Gasteiger charge is -2.27. The third-order valence-electron chi connectivity index (χ3n) is 10.1. The number of pyridine rings is 1. The van der Waals surface area contributed by atoms with Crippen molar-refractivity contribution >= 4 is 51.2 Å². The molecule has 2 saturated heterocycles. The number of benzene rings is 2. The van der Waals surface area contributed by atoms with Crippen LogP contribution in [0, 0.1) is 24.6 Å². The van der Waals surface area contributed by atoms with Crippen molar-refractivity contribution in [2.24, 2.45) is 0 Å². The number of H-pyrrole nitrogens is 1. The Bertz CT molecular complexity index is 2210.